The lowest BCUT2D eigenvalue weighted by atomic mass is 9.98. The van der Waals surface area contributed by atoms with E-state index in [1.54, 1.807) is 65.8 Å². The van der Waals surface area contributed by atoms with Gasteiger partial charge in [0.15, 0.2) is 0 Å². The molecule has 0 heterocycles. The van der Waals surface area contributed by atoms with Crippen molar-refractivity contribution < 1.29 is 57.4 Å². The number of nitrogens with two attached hydrogens (primary N) is 4. The number of carbonyl (C=O) groups is 9. The zero-order chi connectivity index (χ0) is 57.6. The van der Waals surface area contributed by atoms with E-state index in [-0.39, 0.29) is 62.8 Å². The van der Waals surface area contributed by atoms with Gasteiger partial charge in [0.1, 0.15) is 29.9 Å². The summed E-state index contributed by atoms with van der Waals surface area (Å²) in [7, 11) is 0. The quantitative estimate of drug-likeness (QED) is 0.0258. The number of ether oxygens (including phenoxy) is 3. The van der Waals surface area contributed by atoms with Gasteiger partial charge in [0.05, 0.1) is 17.2 Å². The van der Waals surface area contributed by atoms with Gasteiger partial charge in [-0.25, -0.2) is 28.8 Å². The van der Waals surface area contributed by atoms with Crippen molar-refractivity contribution in [2.24, 2.45) is 22.9 Å². The SMILES string of the molecule is CC(C)(C)OC(=O)c1ccc(NC(=O)[C@@H](N)CCCNC(N)=O)cc1.CC(C)(C)OC(=O)c1ccc(NC(=O)[C@H](CCCNC(N)=O)NC(=O)[C@H](CCCNC(N)=O)NC(=O)OCC2c3ccccc3-c3ccccc32)cc1. The van der Waals surface area contributed by atoms with Gasteiger partial charge >= 0.3 is 36.1 Å². The first-order valence-electron chi connectivity index (χ1n) is 25.4. The topological polar surface area (TPSA) is 370 Å². The highest BCUT2D eigenvalue weighted by Crippen LogP contribution is 2.44. The summed E-state index contributed by atoms with van der Waals surface area (Å²) in [5.74, 6) is -2.77. The molecule has 0 aromatic heterocycles. The predicted molar refractivity (Wildman–Crippen MR) is 293 cm³/mol. The van der Waals surface area contributed by atoms with Gasteiger partial charge in [-0.2, -0.15) is 0 Å². The summed E-state index contributed by atoms with van der Waals surface area (Å²) in [5, 5.41) is 18.1. The van der Waals surface area contributed by atoms with Crippen molar-refractivity contribution in [3.05, 3.63) is 119 Å². The molecular formula is C55H73N11O12. The number of primary amides is 3. The Kier molecular flexibility index (Phi) is 23.4. The van der Waals surface area contributed by atoms with E-state index in [0.717, 1.165) is 22.3 Å². The number of hydrogen-bond donors (Lipinski definition) is 11. The predicted octanol–water partition coefficient (Wildman–Crippen LogP) is 5.23. The summed E-state index contributed by atoms with van der Waals surface area (Å²) in [6.45, 7) is 11.3. The highest BCUT2D eigenvalue weighted by Gasteiger charge is 2.31. The minimum Gasteiger partial charge on any atom is -0.456 e. The Bertz CT molecular complexity index is 2680. The highest BCUT2D eigenvalue weighted by atomic mass is 16.6. The van der Waals surface area contributed by atoms with Crippen LogP contribution in [0.2, 0.25) is 0 Å². The highest BCUT2D eigenvalue weighted by molar-refractivity contribution is 5.99. The monoisotopic (exact) mass is 1080 g/mol. The number of amides is 10. The van der Waals surface area contributed by atoms with E-state index < -0.39 is 77.3 Å². The fourth-order valence-electron chi connectivity index (χ4n) is 7.81. The van der Waals surface area contributed by atoms with E-state index >= 15 is 0 Å². The fraction of sp³-hybridized carbons (Fsp3) is 0.400. The Morgan fingerprint density at radius 3 is 1.29 bits per heavy atom. The number of alkyl carbamates (subject to hydrolysis) is 1. The number of fused-ring (bicyclic) bond motifs is 3. The fourth-order valence-corrected chi connectivity index (χ4v) is 7.81. The molecule has 0 saturated heterocycles. The normalized spacial score (nSPS) is 12.7. The molecule has 23 heteroatoms. The Morgan fingerprint density at radius 2 is 0.885 bits per heavy atom. The van der Waals surface area contributed by atoms with Gasteiger partial charge in [0, 0.05) is 36.9 Å². The summed E-state index contributed by atoms with van der Waals surface area (Å²) in [5.41, 5.74) is 25.6. The van der Waals surface area contributed by atoms with E-state index in [2.05, 4.69) is 37.2 Å². The Balaban J connectivity index is 0.000000439. The molecular weight excluding hydrogens is 1010 g/mol. The van der Waals surface area contributed by atoms with Crippen molar-refractivity contribution in [1.82, 2.24) is 26.6 Å². The molecule has 15 N–H and O–H groups in total. The van der Waals surface area contributed by atoms with Gasteiger partial charge in [0.2, 0.25) is 17.7 Å². The molecule has 0 unspecified atom stereocenters. The summed E-state index contributed by atoms with van der Waals surface area (Å²) in [6, 6.07) is 23.1. The molecule has 5 rings (SSSR count). The van der Waals surface area contributed by atoms with Crippen LogP contribution in [0.5, 0.6) is 0 Å². The molecule has 10 amide bonds. The first-order chi connectivity index (χ1) is 36.8. The molecule has 0 fully saturated rings. The Labute approximate surface area is 453 Å². The van der Waals surface area contributed by atoms with E-state index in [0.29, 0.717) is 36.3 Å². The molecule has 78 heavy (non-hydrogen) atoms. The van der Waals surface area contributed by atoms with Gasteiger partial charge in [-0.15, -0.1) is 0 Å². The molecule has 4 aromatic carbocycles. The van der Waals surface area contributed by atoms with Crippen LogP contribution in [-0.4, -0.2) is 109 Å². The minimum absolute atomic E-state index is 0.0159. The molecule has 1 aliphatic carbocycles. The molecule has 0 aliphatic heterocycles. The van der Waals surface area contributed by atoms with Crippen LogP contribution in [-0.2, 0) is 28.6 Å². The zero-order valence-corrected chi connectivity index (χ0v) is 44.8. The maximum Gasteiger partial charge on any atom is 0.407 e. The summed E-state index contributed by atoms with van der Waals surface area (Å²) in [4.78, 5) is 110. The van der Waals surface area contributed by atoms with E-state index in [9.17, 15) is 43.2 Å². The third-order valence-corrected chi connectivity index (χ3v) is 11.4. The first-order valence-corrected chi connectivity index (χ1v) is 25.4. The molecule has 4 aromatic rings. The molecule has 3 atom stereocenters. The van der Waals surface area contributed by atoms with Crippen molar-refractivity contribution in [3.8, 4) is 11.1 Å². The number of carbonyl (C=O) groups excluding carboxylic acids is 9. The van der Waals surface area contributed by atoms with E-state index in [1.807, 2.05) is 48.5 Å². The van der Waals surface area contributed by atoms with Crippen molar-refractivity contribution in [2.45, 2.75) is 115 Å². The number of urea groups is 3. The van der Waals surface area contributed by atoms with Crippen LogP contribution < -0.4 is 60.2 Å². The van der Waals surface area contributed by atoms with Crippen LogP contribution in [0.1, 0.15) is 118 Å². The summed E-state index contributed by atoms with van der Waals surface area (Å²) >= 11 is 0. The minimum atomic E-state index is -1.16. The Hall–Kier alpha value is -8.73. The second kappa shape index (κ2) is 29.5. The number of benzene rings is 4. The van der Waals surface area contributed by atoms with Gasteiger partial charge in [-0.05, 0) is 151 Å². The molecule has 0 spiro atoms. The molecule has 420 valence electrons. The van der Waals surface area contributed by atoms with Crippen LogP contribution in [0, 0.1) is 0 Å². The summed E-state index contributed by atoms with van der Waals surface area (Å²) in [6.07, 6.45) is 0.790. The first kappa shape index (κ1) is 61.8. The lowest BCUT2D eigenvalue weighted by Gasteiger charge is -2.24. The van der Waals surface area contributed by atoms with Gasteiger partial charge in [0.25, 0.3) is 0 Å². The lowest BCUT2D eigenvalue weighted by molar-refractivity contribution is -0.128. The van der Waals surface area contributed by atoms with Crippen LogP contribution >= 0.6 is 0 Å². The average Bonchev–Trinajstić information content (AvgIpc) is 3.76. The third-order valence-electron chi connectivity index (χ3n) is 11.4. The number of esters is 2. The molecule has 23 nitrogen and oxygen atoms in total. The Morgan fingerprint density at radius 1 is 0.500 bits per heavy atom. The average molecular weight is 1080 g/mol. The van der Waals surface area contributed by atoms with Crippen molar-refractivity contribution in [3.63, 3.8) is 0 Å². The largest absolute Gasteiger partial charge is 0.456 e. The van der Waals surface area contributed by atoms with Crippen molar-refractivity contribution >= 4 is 65.2 Å². The molecule has 0 bridgehead atoms. The number of rotatable bonds is 23. The molecule has 0 saturated carbocycles. The van der Waals surface area contributed by atoms with Gasteiger partial charge < -0.3 is 74.4 Å². The van der Waals surface area contributed by atoms with Crippen LogP contribution in [0.3, 0.4) is 0 Å². The van der Waals surface area contributed by atoms with Crippen molar-refractivity contribution in [1.29, 1.82) is 0 Å². The van der Waals surface area contributed by atoms with Gasteiger partial charge in [-0.3, -0.25) is 14.4 Å². The summed E-state index contributed by atoms with van der Waals surface area (Å²) < 4.78 is 16.3. The third kappa shape index (κ3) is 21.5. The maximum atomic E-state index is 13.7. The van der Waals surface area contributed by atoms with Crippen LogP contribution in [0.15, 0.2) is 97.1 Å². The van der Waals surface area contributed by atoms with Crippen molar-refractivity contribution in [2.75, 3.05) is 36.9 Å². The smallest absolute Gasteiger partial charge is 0.407 e. The standard InChI is InChI=1S/C38H47N7O8.C17H26N4O4/c1-38(2,3)53-34(48)23-16-18-24(19-17-23)43-32(46)30(14-8-20-41-35(39)49)44-33(47)31(15-9-21-42-36(40)50)45-37(51)52-22-29-27-12-6-4-10-25(27)26-11-5-7-13-28(26)29;1-17(2,3)25-15(23)11-6-8-12(9-7-11)21-14(22)13(18)5-4-10-20-16(19)24/h4-7,10-13,16-19,29-31H,8-9,14-15,20-22H2,1-3H3,(H,43,46)(H,44,47)(H,45,51)(H3,39,41,49)(H3,40,42,50);6-9,13H,4-5,10,18H2,1-3H3,(H,21,22)(H3,19,20,24)/t30-,31-;13-/m00/s1. The molecule has 1 aliphatic rings. The molecule has 0 radical (unpaired) electrons. The van der Waals surface area contributed by atoms with Gasteiger partial charge in [-0.1, -0.05) is 48.5 Å². The number of hydrogen-bond acceptors (Lipinski definition) is 13. The maximum absolute atomic E-state index is 13.7. The lowest BCUT2D eigenvalue weighted by Crippen LogP contribution is -2.53. The van der Waals surface area contributed by atoms with E-state index in [4.69, 9.17) is 37.1 Å². The van der Waals surface area contributed by atoms with Crippen LogP contribution in [0.4, 0.5) is 30.6 Å². The second-order valence-corrected chi connectivity index (χ2v) is 20.1. The second-order valence-electron chi connectivity index (χ2n) is 20.1. The zero-order valence-electron chi connectivity index (χ0n) is 44.8. The number of anilines is 2. The van der Waals surface area contributed by atoms with Crippen LogP contribution in [0.25, 0.3) is 11.1 Å². The van der Waals surface area contributed by atoms with E-state index in [1.165, 1.54) is 24.3 Å². The number of nitrogens with one attached hydrogen (secondary N) is 7.